The van der Waals surface area contributed by atoms with E-state index in [1.54, 1.807) is 16.8 Å². The van der Waals surface area contributed by atoms with Crippen molar-refractivity contribution in [3.8, 4) is 5.75 Å². The summed E-state index contributed by atoms with van der Waals surface area (Å²) >= 11 is 4.97. The number of aromatic nitrogens is 1. The largest absolute Gasteiger partial charge is 0.487 e. The molecule has 0 saturated carbocycles. The third-order valence-electron chi connectivity index (χ3n) is 2.10. The molecule has 3 nitrogen and oxygen atoms in total. The monoisotopic (exact) mass is 298 g/mol. The molecule has 84 valence electrons. The third-order valence-corrected chi connectivity index (χ3v) is 3.23. The number of hydrogen-bond donors (Lipinski definition) is 1. The maximum Gasteiger partial charge on any atom is 0.131 e. The predicted molar refractivity (Wildman–Crippen MR) is 68.5 cm³/mol. The van der Waals surface area contributed by atoms with Gasteiger partial charge in [-0.3, -0.25) is 0 Å². The molecule has 2 rings (SSSR count). The van der Waals surface area contributed by atoms with Crippen LogP contribution in [0.4, 0.5) is 0 Å². The average Bonchev–Trinajstić information content (AvgIpc) is 2.80. The maximum atomic E-state index is 5.67. The normalized spacial score (nSPS) is 10.4. The Balaban J connectivity index is 2.09. The lowest BCUT2D eigenvalue weighted by atomic mass is 10.2. The summed E-state index contributed by atoms with van der Waals surface area (Å²) in [5, 5.41) is 1.97. The van der Waals surface area contributed by atoms with Crippen molar-refractivity contribution in [1.82, 2.24) is 4.98 Å². The number of nitrogens with two attached hydrogens (primary N) is 1. The highest BCUT2D eigenvalue weighted by Gasteiger charge is 2.04. The van der Waals surface area contributed by atoms with Gasteiger partial charge in [0.1, 0.15) is 12.4 Å². The molecular weight excluding hydrogens is 288 g/mol. The number of nitrogens with zero attached hydrogens (tertiary/aromatic N) is 1. The van der Waals surface area contributed by atoms with Crippen LogP contribution < -0.4 is 10.5 Å². The number of rotatable bonds is 4. The highest BCUT2D eigenvalue weighted by Crippen LogP contribution is 2.23. The Morgan fingerprint density at radius 2 is 2.31 bits per heavy atom. The highest BCUT2D eigenvalue weighted by molar-refractivity contribution is 9.10. The van der Waals surface area contributed by atoms with Crippen molar-refractivity contribution < 1.29 is 4.74 Å². The quantitative estimate of drug-likeness (QED) is 0.944. The summed E-state index contributed by atoms with van der Waals surface area (Å²) in [7, 11) is 0. The van der Waals surface area contributed by atoms with Gasteiger partial charge in [0.05, 0.1) is 11.2 Å². The summed E-state index contributed by atoms with van der Waals surface area (Å²) in [6.07, 6.45) is 0. The number of benzene rings is 1. The lowest BCUT2D eigenvalue weighted by Crippen LogP contribution is -2.02. The van der Waals surface area contributed by atoms with Gasteiger partial charge in [0.25, 0.3) is 0 Å². The molecule has 0 radical (unpaired) electrons. The second kappa shape index (κ2) is 5.43. The Labute approximate surface area is 106 Å². The molecule has 0 spiro atoms. The van der Waals surface area contributed by atoms with E-state index in [0.717, 1.165) is 21.5 Å². The van der Waals surface area contributed by atoms with Gasteiger partial charge in [-0.1, -0.05) is 15.9 Å². The summed E-state index contributed by atoms with van der Waals surface area (Å²) in [4.78, 5) is 4.16. The third kappa shape index (κ3) is 2.81. The summed E-state index contributed by atoms with van der Waals surface area (Å²) in [5.74, 6) is 0.818. The fourth-order valence-electron chi connectivity index (χ4n) is 1.31. The lowest BCUT2D eigenvalue weighted by Gasteiger charge is -2.09. The topological polar surface area (TPSA) is 48.1 Å². The van der Waals surface area contributed by atoms with Crippen LogP contribution in [0.15, 0.2) is 33.6 Å². The molecular formula is C11H11BrN2OS. The van der Waals surface area contributed by atoms with Crippen LogP contribution in [0.5, 0.6) is 5.75 Å². The van der Waals surface area contributed by atoms with Gasteiger partial charge in [-0.2, -0.15) is 0 Å². The zero-order chi connectivity index (χ0) is 11.4. The molecule has 1 aromatic carbocycles. The van der Waals surface area contributed by atoms with Crippen molar-refractivity contribution in [3.63, 3.8) is 0 Å². The SMILES string of the molecule is NCc1cc(Br)ccc1OCc1cscn1. The summed E-state index contributed by atoms with van der Waals surface area (Å²) in [5.41, 5.74) is 9.38. The van der Waals surface area contributed by atoms with E-state index in [4.69, 9.17) is 10.5 Å². The second-order valence-corrected chi connectivity index (χ2v) is 4.86. The molecule has 16 heavy (non-hydrogen) atoms. The van der Waals surface area contributed by atoms with Crippen LogP contribution in [0.3, 0.4) is 0 Å². The van der Waals surface area contributed by atoms with Gasteiger partial charge in [-0.05, 0) is 18.2 Å². The molecule has 0 fully saturated rings. The van der Waals surface area contributed by atoms with Crippen LogP contribution >= 0.6 is 27.3 Å². The fraction of sp³-hybridized carbons (Fsp3) is 0.182. The van der Waals surface area contributed by atoms with E-state index in [1.165, 1.54) is 0 Å². The smallest absolute Gasteiger partial charge is 0.131 e. The van der Waals surface area contributed by atoms with Gasteiger partial charge >= 0.3 is 0 Å². The van der Waals surface area contributed by atoms with Gasteiger partial charge in [0, 0.05) is 22.0 Å². The standard InChI is InChI=1S/C11H11BrN2OS/c12-9-1-2-11(8(3-9)4-13)15-5-10-6-16-7-14-10/h1-3,6-7H,4-5,13H2. The minimum absolute atomic E-state index is 0.464. The number of halogens is 1. The molecule has 0 amide bonds. The lowest BCUT2D eigenvalue weighted by molar-refractivity contribution is 0.299. The van der Waals surface area contributed by atoms with E-state index in [0.29, 0.717) is 13.2 Å². The van der Waals surface area contributed by atoms with Gasteiger partial charge in [0.2, 0.25) is 0 Å². The van der Waals surface area contributed by atoms with E-state index >= 15 is 0 Å². The molecule has 5 heteroatoms. The Bertz CT molecular complexity index is 459. The molecule has 1 heterocycles. The molecule has 0 aliphatic heterocycles. The molecule has 2 N–H and O–H groups in total. The summed E-state index contributed by atoms with van der Waals surface area (Å²) < 4.78 is 6.68. The van der Waals surface area contributed by atoms with Crippen LogP contribution in [-0.4, -0.2) is 4.98 Å². The summed E-state index contributed by atoms with van der Waals surface area (Å²) in [6.45, 7) is 0.948. The van der Waals surface area contributed by atoms with Crippen LogP contribution in [-0.2, 0) is 13.2 Å². The number of thiazole rings is 1. The average molecular weight is 299 g/mol. The van der Waals surface area contributed by atoms with E-state index in [9.17, 15) is 0 Å². The van der Waals surface area contributed by atoms with Crippen molar-refractivity contribution in [3.05, 3.63) is 44.8 Å². The Morgan fingerprint density at radius 1 is 1.44 bits per heavy atom. The first-order chi connectivity index (χ1) is 7.79. The highest BCUT2D eigenvalue weighted by atomic mass is 79.9. The molecule has 0 atom stereocenters. The van der Waals surface area contributed by atoms with Crippen molar-refractivity contribution in [2.24, 2.45) is 5.73 Å². The van der Waals surface area contributed by atoms with Crippen molar-refractivity contribution in [2.45, 2.75) is 13.2 Å². The molecule has 0 saturated heterocycles. The zero-order valence-corrected chi connectivity index (χ0v) is 10.9. The van der Waals surface area contributed by atoms with Crippen LogP contribution in [0.2, 0.25) is 0 Å². The van der Waals surface area contributed by atoms with E-state index in [2.05, 4.69) is 20.9 Å². The van der Waals surface area contributed by atoms with E-state index in [-0.39, 0.29) is 0 Å². The first kappa shape index (κ1) is 11.6. The van der Waals surface area contributed by atoms with Crippen LogP contribution in [0, 0.1) is 0 Å². The Hall–Kier alpha value is -0.910. The van der Waals surface area contributed by atoms with E-state index < -0.39 is 0 Å². The molecule has 0 bridgehead atoms. The maximum absolute atomic E-state index is 5.67. The summed E-state index contributed by atoms with van der Waals surface area (Å²) in [6, 6.07) is 5.82. The zero-order valence-electron chi connectivity index (χ0n) is 8.52. The van der Waals surface area contributed by atoms with Crippen LogP contribution in [0.1, 0.15) is 11.3 Å². The van der Waals surface area contributed by atoms with Crippen LogP contribution in [0.25, 0.3) is 0 Å². The van der Waals surface area contributed by atoms with Gasteiger partial charge in [-0.15, -0.1) is 11.3 Å². The van der Waals surface area contributed by atoms with Gasteiger partial charge in [-0.25, -0.2) is 4.98 Å². The molecule has 0 aliphatic rings. The van der Waals surface area contributed by atoms with E-state index in [1.807, 2.05) is 23.6 Å². The molecule has 0 unspecified atom stereocenters. The molecule has 0 aliphatic carbocycles. The van der Waals surface area contributed by atoms with Crippen molar-refractivity contribution in [2.75, 3.05) is 0 Å². The Kier molecular flexibility index (Phi) is 3.93. The van der Waals surface area contributed by atoms with Crippen molar-refractivity contribution in [1.29, 1.82) is 0 Å². The van der Waals surface area contributed by atoms with Crippen molar-refractivity contribution >= 4 is 27.3 Å². The number of hydrogen-bond acceptors (Lipinski definition) is 4. The first-order valence-corrected chi connectivity index (χ1v) is 6.51. The second-order valence-electron chi connectivity index (χ2n) is 3.22. The first-order valence-electron chi connectivity index (χ1n) is 4.78. The predicted octanol–water partition coefficient (Wildman–Crippen LogP) is 2.94. The fourth-order valence-corrected chi connectivity index (χ4v) is 2.26. The minimum atomic E-state index is 0.464. The molecule has 2 aromatic rings. The number of ether oxygens (including phenoxy) is 1. The van der Waals surface area contributed by atoms with Gasteiger partial charge in [0.15, 0.2) is 0 Å². The Morgan fingerprint density at radius 3 is 3.00 bits per heavy atom. The molecule has 1 aromatic heterocycles. The van der Waals surface area contributed by atoms with Gasteiger partial charge < -0.3 is 10.5 Å². The minimum Gasteiger partial charge on any atom is -0.487 e.